The summed E-state index contributed by atoms with van der Waals surface area (Å²) in [6.45, 7) is 0.732. The summed E-state index contributed by atoms with van der Waals surface area (Å²) in [5.41, 5.74) is 6.80. The van der Waals surface area contributed by atoms with Crippen LogP contribution in [0.3, 0.4) is 0 Å². The molecular formula is C7H9N5S. The minimum absolute atomic E-state index is 0.371. The number of tetrazole rings is 1. The highest BCUT2D eigenvalue weighted by atomic mass is 32.1. The topological polar surface area (TPSA) is 69.6 Å². The van der Waals surface area contributed by atoms with Crippen molar-refractivity contribution in [3.63, 3.8) is 0 Å². The Morgan fingerprint density at radius 1 is 1.54 bits per heavy atom. The Kier molecular flexibility index (Phi) is 2.22. The molecule has 0 saturated heterocycles. The van der Waals surface area contributed by atoms with Gasteiger partial charge in [-0.15, -0.1) is 0 Å². The van der Waals surface area contributed by atoms with Crippen molar-refractivity contribution in [1.82, 2.24) is 20.2 Å². The van der Waals surface area contributed by atoms with Crippen molar-refractivity contribution in [2.45, 2.75) is 13.0 Å². The van der Waals surface area contributed by atoms with Crippen LogP contribution >= 0.6 is 11.3 Å². The molecule has 0 radical (unpaired) electrons. The first-order chi connectivity index (χ1) is 6.36. The van der Waals surface area contributed by atoms with E-state index >= 15 is 0 Å². The van der Waals surface area contributed by atoms with Crippen LogP contribution in [-0.4, -0.2) is 20.2 Å². The van der Waals surface area contributed by atoms with E-state index in [1.54, 1.807) is 16.0 Å². The first-order valence-corrected chi connectivity index (χ1v) is 4.83. The molecule has 13 heavy (non-hydrogen) atoms. The molecule has 0 aliphatic rings. The first-order valence-electron chi connectivity index (χ1n) is 3.89. The zero-order chi connectivity index (χ0) is 9.10. The lowest BCUT2D eigenvalue weighted by molar-refractivity contribution is 0.596. The van der Waals surface area contributed by atoms with Gasteiger partial charge < -0.3 is 5.73 Å². The molecule has 0 bridgehead atoms. The molecule has 0 fully saturated rings. The van der Waals surface area contributed by atoms with E-state index in [2.05, 4.69) is 32.4 Å². The van der Waals surface area contributed by atoms with Gasteiger partial charge in [0.25, 0.3) is 0 Å². The maximum atomic E-state index is 5.51. The molecule has 0 spiro atoms. The van der Waals surface area contributed by atoms with Gasteiger partial charge in [-0.2, -0.15) is 11.3 Å². The summed E-state index contributed by atoms with van der Waals surface area (Å²) in [5, 5.41) is 15.0. The molecule has 2 rings (SSSR count). The van der Waals surface area contributed by atoms with Crippen LogP contribution in [0, 0.1) is 0 Å². The fourth-order valence-electron chi connectivity index (χ4n) is 1.04. The van der Waals surface area contributed by atoms with Gasteiger partial charge in [-0.05, 0) is 39.2 Å². The molecule has 0 aliphatic heterocycles. The molecule has 6 heteroatoms. The molecular weight excluding hydrogens is 186 g/mol. The molecule has 0 aromatic carbocycles. The van der Waals surface area contributed by atoms with E-state index in [4.69, 9.17) is 5.73 Å². The van der Waals surface area contributed by atoms with Gasteiger partial charge in [-0.25, -0.2) is 4.68 Å². The summed E-state index contributed by atoms with van der Waals surface area (Å²) in [6, 6.07) is 2.09. The number of thiophene rings is 1. The summed E-state index contributed by atoms with van der Waals surface area (Å²) in [5.74, 6) is 0.371. The average Bonchev–Trinajstić information content (AvgIpc) is 2.72. The summed E-state index contributed by atoms with van der Waals surface area (Å²) in [4.78, 5) is 0. The van der Waals surface area contributed by atoms with Crippen LogP contribution in [0.4, 0.5) is 5.95 Å². The zero-order valence-corrected chi connectivity index (χ0v) is 7.74. The number of aromatic nitrogens is 4. The smallest absolute Gasteiger partial charge is 0.240 e. The second-order valence-corrected chi connectivity index (χ2v) is 3.42. The summed E-state index contributed by atoms with van der Waals surface area (Å²) < 4.78 is 1.59. The van der Waals surface area contributed by atoms with E-state index in [0.717, 1.165) is 13.0 Å². The van der Waals surface area contributed by atoms with E-state index < -0.39 is 0 Å². The van der Waals surface area contributed by atoms with Gasteiger partial charge in [0.05, 0.1) is 6.54 Å². The lowest BCUT2D eigenvalue weighted by Gasteiger charge is -1.98. The van der Waals surface area contributed by atoms with E-state index in [-0.39, 0.29) is 0 Å². The minimum Gasteiger partial charge on any atom is -0.367 e. The van der Waals surface area contributed by atoms with E-state index in [1.807, 2.05) is 0 Å². The molecule has 0 atom stereocenters. The fraction of sp³-hybridized carbons (Fsp3) is 0.286. The molecule has 0 unspecified atom stereocenters. The fourth-order valence-corrected chi connectivity index (χ4v) is 1.74. The maximum Gasteiger partial charge on any atom is 0.240 e. The van der Waals surface area contributed by atoms with Gasteiger partial charge in [-0.1, -0.05) is 5.10 Å². The van der Waals surface area contributed by atoms with Gasteiger partial charge in [-0.3, -0.25) is 0 Å². The highest BCUT2D eigenvalue weighted by molar-refractivity contribution is 7.07. The number of aryl methyl sites for hydroxylation is 2. The number of anilines is 1. The van der Waals surface area contributed by atoms with Crippen LogP contribution in [0.25, 0.3) is 0 Å². The number of nitrogen functional groups attached to an aromatic ring is 1. The summed E-state index contributed by atoms with van der Waals surface area (Å²) in [7, 11) is 0. The number of hydrogen-bond donors (Lipinski definition) is 1. The Labute approximate surface area is 79.2 Å². The molecule has 2 aromatic heterocycles. The summed E-state index contributed by atoms with van der Waals surface area (Å²) >= 11 is 1.69. The third-order valence-electron chi connectivity index (χ3n) is 1.75. The van der Waals surface area contributed by atoms with Crippen LogP contribution in [-0.2, 0) is 13.0 Å². The van der Waals surface area contributed by atoms with Gasteiger partial charge in [0, 0.05) is 0 Å². The lowest BCUT2D eigenvalue weighted by atomic mass is 10.2. The zero-order valence-electron chi connectivity index (χ0n) is 6.92. The van der Waals surface area contributed by atoms with Gasteiger partial charge >= 0.3 is 0 Å². The predicted molar refractivity (Wildman–Crippen MR) is 50.3 cm³/mol. The number of rotatable bonds is 3. The van der Waals surface area contributed by atoms with Crippen LogP contribution in [0.5, 0.6) is 0 Å². The average molecular weight is 195 g/mol. The predicted octanol–water partition coefficient (Wildman–Crippen LogP) is 0.559. The Morgan fingerprint density at radius 2 is 2.46 bits per heavy atom. The lowest BCUT2D eigenvalue weighted by Crippen LogP contribution is -2.07. The highest BCUT2D eigenvalue weighted by Crippen LogP contribution is 2.07. The standard InChI is InChI=1S/C7H9N5S/c8-7-9-10-11-12(7)3-1-6-2-4-13-5-6/h2,4-5H,1,3H2,(H2,8,9,11). The minimum atomic E-state index is 0.371. The third-order valence-corrected chi connectivity index (χ3v) is 2.48. The first kappa shape index (κ1) is 8.18. The molecule has 68 valence electrons. The molecule has 0 amide bonds. The van der Waals surface area contributed by atoms with Crippen molar-refractivity contribution in [2.24, 2.45) is 0 Å². The van der Waals surface area contributed by atoms with E-state index in [9.17, 15) is 0 Å². The molecule has 2 aromatic rings. The van der Waals surface area contributed by atoms with Crippen LogP contribution in [0.15, 0.2) is 16.8 Å². The van der Waals surface area contributed by atoms with E-state index in [1.165, 1.54) is 5.56 Å². The Hall–Kier alpha value is -1.43. The number of nitrogens with zero attached hydrogens (tertiary/aromatic N) is 4. The van der Waals surface area contributed by atoms with Crippen molar-refractivity contribution in [3.05, 3.63) is 22.4 Å². The van der Waals surface area contributed by atoms with Crippen LogP contribution < -0.4 is 5.73 Å². The summed E-state index contributed by atoms with van der Waals surface area (Å²) in [6.07, 6.45) is 0.915. The van der Waals surface area contributed by atoms with Crippen molar-refractivity contribution in [3.8, 4) is 0 Å². The quantitative estimate of drug-likeness (QED) is 0.776. The Bertz CT molecular complexity index is 366. The second kappa shape index (κ2) is 3.53. The largest absolute Gasteiger partial charge is 0.367 e. The number of hydrogen-bond acceptors (Lipinski definition) is 5. The van der Waals surface area contributed by atoms with E-state index in [0.29, 0.717) is 5.95 Å². The maximum absolute atomic E-state index is 5.51. The molecule has 2 heterocycles. The van der Waals surface area contributed by atoms with Gasteiger partial charge in [0.1, 0.15) is 0 Å². The highest BCUT2D eigenvalue weighted by Gasteiger charge is 2.00. The van der Waals surface area contributed by atoms with Crippen molar-refractivity contribution in [1.29, 1.82) is 0 Å². The van der Waals surface area contributed by atoms with Gasteiger partial charge in [0.15, 0.2) is 0 Å². The molecule has 0 saturated carbocycles. The number of nitrogens with two attached hydrogens (primary N) is 1. The van der Waals surface area contributed by atoms with Crippen molar-refractivity contribution in [2.75, 3.05) is 5.73 Å². The Balaban J connectivity index is 1.97. The van der Waals surface area contributed by atoms with Gasteiger partial charge in [0.2, 0.25) is 5.95 Å². The molecule has 5 nitrogen and oxygen atoms in total. The normalized spacial score (nSPS) is 10.5. The molecule has 0 aliphatic carbocycles. The second-order valence-electron chi connectivity index (χ2n) is 2.64. The Morgan fingerprint density at radius 3 is 3.08 bits per heavy atom. The third kappa shape index (κ3) is 1.83. The SMILES string of the molecule is Nc1nnnn1CCc1ccsc1. The van der Waals surface area contributed by atoms with Crippen molar-refractivity contribution < 1.29 is 0 Å². The van der Waals surface area contributed by atoms with Crippen molar-refractivity contribution >= 4 is 17.3 Å². The van der Waals surface area contributed by atoms with Crippen LogP contribution in [0.1, 0.15) is 5.56 Å². The molecule has 2 N–H and O–H groups in total. The monoisotopic (exact) mass is 195 g/mol. The van der Waals surface area contributed by atoms with Crippen LogP contribution in [0.2, 0.25) is 0 Å².